The molecule has 0 aromatic carbocycles. The van der Waals surface area contributed by atoms with Gasteiger partial charge in [0.1, 0.15) is 6.54 Å². The molecule has 1 heterocycles. The Morgan fingerprint density at radius 1 is 1.50 bits per heavy atom. The van der Waals surface area contributed by atoms with Crippen LogP contribution in [0, 0.1) is 0 Å². The highest BCUT2D eigenvalue weighted by molar-refractivity contribution is 5.82. The predicted octanol–water partition coefficient (Wildman–Crippen LogP) is -1.00. The average molecular weight is 227 g/mol. The maximum atomic E-state index is 11.3. The molecule has 0 radical (unpaired) electrons. The molecule has 0 aliphatic carbocycles. The van der Waals surface area contributed by atoms with Crippen molar-refractivity contribution in [3.8, 4) is 0 Å². The van der Waals surface area contributed by atoms with E-state index < -0.39 is 18.4 Å². The van der Waals surface area contributed by atoms with Crippen LogP contribution in [-0.4, -0.2) is 43.7 Å². The van der Waals surface area contributed by atoms with Crippen LogP contribution in [-0.2, 0) is 16.0 Å². The number of hydrogen-bond donors (Lipinski definition) is 2. The van der Waals surface area contributed by atoms with E-state index in [9.17, 15) is 9.59 Å². The van der Waals surface area contributed by atoms with Gasteiger partial charge in [0.05, 0.1) is 12.5 Å². The number of rotatable bonds is 5. The van der Waals surface area contributed by atoms with E-state index in [1.165, 1.54) is 4.68 Å². The zero-order valence-electron chi connectivity index (χ0n) is 9.04. The molecule has 1 aromatic heterocycles. The molecule has 0 saturated heterocycles. The first-order valence-corrected chi connectivity index (χ1v) is 4.76. The number of carboxylic acid groups (broad SMARTS) is 1. The number of tetrazole rings is 1. The molecule has 0 aliphatic heterocycles. The van der Waals surface area contributed by atoms with E-state index in [0.29, 0.717) is 5.82 Å². The first-order valence-electron chi connectivity index (χ1n) is 4.76. The molecule has 1 amide bonds. The summed E-state index contributed by atoms with van der Waals surface area (Å²) in [4.78, 5) is 21.5. The van der Waals surface area contributed by atoms with Crippen molar-refractivity contribution in [3.63, 3.8) is 0 Å². The number of amides is 1. The van der Waals surface area contributed by atoms with Crippen LogP contribution >= 0.6 is 0 Å². The highest BCUT2D eigenvalue weighted by Crippen LogP contribution is 2.04. The predicted molar refractivity (Wildman–Crippen MR) is 52.6 cm³/mol. The minimum Gasteiger partial charge on any atom is -0.480 e. The number of carboxylic acids is 1. The zero-order valence-corrected chi connectivity index (χ0v) is 9.04. The Labute approximate surface area is 91.6 Å². The molecule has 0 spiro atoms. The quantitative estimate of drug-likeness (QED) is 0.667. The lowest BCUT2D eigenvalue weighted by Crippen LogP contribution is -2.31. The summed E-state index contributed by atoms with van der Waals surface area (Å²) >= 11 is 0. The number of aromatic nitrogens is 4. The van der Waals surface area contributed by atoms with Crippen LogP contribution in [0.5, 0.6) is 0 Å². The van der Waals surface area contributed by atoms with E-state index in [0.717, 1.165) is 0 Å². The molecule has 8 heteroatoms. The zero-order chi connectivity index (χ0) is 12.1. The van der Waals surface area contributed by atoms with Crippen LogP contribution in [0.4, 0.5) is 0 Å². The molecule has 16 heavy (non-hydrogen) atoms. The number of nitrogens with zero attached hydrogens (tertiary/aromatic N) is 4. The second kappa shape index (κ2) is 5.19. The van der Waals surface area contributed by atoms with Crippen molar-refractivity contribution < 1.29 is 14.7 Å². The molecular formula is C8H13N5O3. The molecule has 0 bridgehead atoms. The molecule has 1 rings (SSSR count). The van der Waals surface area contributed by atoms with E-state index in [-0.39, 0.29) is 12.5 Å². The third-order valence-corrected chi connectivity index (χ3v) is 1.81. The molecule has 8 nitrogen and oxygen atoms in total. The Kier molecular flexibility index (Phi) is 3.92. The fourth-order valence-corrected chi connectivity index (χ4v) is 1.11. The van der Waals surface area contributed by atoms with Gasteiger partial charge in [-0.1, -0.05) is 0 Å². The first-order chi connectivity index (χ1) is 7.50. The van der Waals surface area contributed by atoms with Crippen LogP contribution in [0.1, 0.15) is 25.7 Å². The summed E-state index contributed by atoms with van der Waals surface area (Å²) in [5, 5.41) is 21.5. The summed E-state index contributed by atoms with van der Waals surface area (Å²) in [6.07, 6.45) is -0.0293. The standard InChI is InChI=1S/C8H13N5O3/c1-5(2)13-6(10-11-12-13)3-7(14)9-4-8(15)16/h5H,3-4H2,1-2H3,(H,9,14)(H,15,16). The van der Waals surface area contributed by atoms with E-state index in [1.807, 2.05) is 13.8 Å². The van der Waals surface area contributed by atoms with Crippen LogP contribution in [0.15, 0.2) is 0 Å². The third kappa shape index (κ3) is 3.30. The molecule has 0 saturated carbocycles. The summed E-state index contributed by atoms with van der Waals surface area (Å²) < 4.78 is 1.51. The van der Waals surface area contributed by atoms with Crippen LogP contribution in [0.2, 0.25) is 0 Å². The summed E-state index contributed by atoms with van der Waals surface area (Å²) in [6.45, 7) is 3.37. The maximum Gasteiger partial charge on any atom is 0.322 e. The monoisotopic (exact) mass is 227 g/mol. The lowest BCUT2D eigenvalue weighted by molar-refractivity contribution is -0.137. The molecule has 2 N–H and O–H groups in total. The average Bonchev–Trinajstić information content (AvgIpc) is 2.62. The van der Waals surface area contributed by atoms with Crippen molar-refractivity contribution in [1.29, 1.82) is 0 Å². The maximum absolute atomic E-state index is 11.3. The second-order valence-electron chi connectivity index (χ2n) is 3.48. The fourth-order valence-electron chi connectivity index (χ4n) is 1.11. The minimum atomic E-state index is -1.09. The van der Waals surface area contributed by atoms with Gasteiger partial charge in [-0.15, -0.1) is 5.10 Å². The van der Waals surface area contributed by atoms with Crippen LogP contribution in [0.25, 0.3) is 0 Å². The van der Waals surface area contributed by atoms with E-state index >= 15 is 0 Å². The van der Waals surface area contributed by atoms with Gasteiger partial charge in [0.25, 0.3) is 0 Å². The van der Waals surface area contributed by atoms with Crippen LogP contribution < -0.4 is 5.32 Å². The van der Waals surface area contributed by atoms with Gasteiger partial charge in [-0.3, -0.25) is 9.59 Å². The fraction of sp³-hybridized carbons (Fsp3) is 0.625. The Morgan fingerprint density at radius 2 is 2.19 bits per heavy atom. The second-order valence-corrected chi connectivity index (χ2v) is 3.48. The SMILES string of the molecule is CC(C)n1nnnc1CC(=O)NCC(=O)O. The number of carbonyl (C=O) groups is 2. The molecular weight excluding hydrogens is 214 g/mol. The molecule has 0 unspecified atom stereocenters. The van der Waals surface area contributed by atoms with Crippen LogP contribution in [0.3, 0.4) is 0 Å². The number of hydrogen-bond acceptors (Lipinski definition) is 5. The van der Waals surface area contributed by atoms with E-state index in [1.54, 1.807) is 0 Å². The van der Waals surface area contributed by atoms with Gasteiger partial charge in [0.15, 0.2) is 5.82 Å². The van der Waals surface area contributed by atoms with Crippen molar-refractivity contribution in [2.45, 2.75) is 26.3 Å². The van der Waals surface area contributed by atoms with Gasteiger partial charge in [-0.2, -0.15) is 0 Å². The number of carbonyl (C=O) groups excluding carboxylic acids is 1. The van der Waals surface area contributed by atoms with Crippen molar-refractivity contribution in [1.82, 2.24) is 25.5 Å². The van der Waals surface area contributed by atoms with E-state index in [4.69, 9.17) is 5.11 Å². The lowest BCUT2D eigenvalue weighted by Gasteiger charge is -2.07. The molecule has 0 aliphatic rings. The Morgan fingerprint density at radius 3 is 2.75 bits per heavy atom. The van der Waals surface area contributed by atoms with Gasteiger partial charge < -0.3 is 10.4 Å². The largest absolute Gasteiger partial charge is 0.480 e. The summed E-state index contributed by atoms with van der Waals surface area (Å²) in [6, 6.07) is 0.0530. The third-order valence-electron chi connectivity index (χ3n) is 1.81. The first kappa shape index (κ1) is 12.1. The number of nitrogens with one attached hydrogen (secondary N) is 1. The molecule has 88 valence electrons. The highest BCUT2D eigenvalue weighted by Gasteiger charge is 2.13. The van der Waals surface area contributed by atoms with Crippen molar-refractivity contribution in [2.75, 3.05) is 6.54 Å². The van der Waals surface area contributed by atoms with Gasteiger partial charge in [-0.25, -0.2) is 4.68 Å². The van der Waals surface area contributed by atoms with Crippen molar-refractivity contribution in [2.24, 2.45) is 0 Å². The number of aliphatic carboxylic acids is 1. The summed E-state index contributed by atoms with van der Waals surface area (Å²) in [5.74, 6) is -1.09. The van der Waals surface area contributed by atoms with Gasteiger partial charge in [0, 0.05) is 0 Å². The summed E-state index contributed by atoms with van der Waals surface area (Å²) in [5.41, 5.74) is 0. The van der Waals surface area contributed by atoms with Gasteiger partial charge in [-0.05, 0) is 24.3 Å². The normalized spacial score (nSPS) is 10.4. The summed E-state index contributed by atoms with van der Waals surface area (Å²) in [7, 11) is 0. The lowest BCUT2D eigenvalue weighted by atomic mass is 10.3. The van der Waals surface area contributed by atoms with Crippen molar-refractivity contribution in [3.05, 3.63) is 5.82 Å². The smallest absolute Gasteiger partial charge is 0.322 e. The van der Waals surface area contributed by atoms with Crippen molar-refractivity contribution >= 4 is 11.9 Å². The molecule has 1 aromatic rings. The topological polar surface area (TPSA) is 110 Å². The molecule has 0 atom stereocenters. The van der Waals surface area contributed by atoms with E-state index in [2.05, 4.69) is 20.8 Å². The Balaban J connectivity index is 2.56. The van der Waals surface area contributed by atoms with Gasteiger partial charge >= 0.3 is 5.97 Å². The molecule has 0 fully saturated rings. The Hall–Kier alpha value is -1.99. The Bertz CT molecular complexity index is 387. The minimum absolute atomic E-state index is 0.0293. The highest BCUT2D eigenvalue weighted by atomic mass is 16.4. The van der Waals surface area contributed by atoms with Gasteiger partial charge in [0.2, 0.25) is 5.91 Å².